The van der Waals surface area contributed by atoms with Gasteiger partial charge in [0.05, 0.1) is 12.7 Å². The number of piperidine rings is 1. The van der Waals surface area contributed by atoms with Gasteiger partial charge in [-0.25, -0.2) is 0 Å². The third-order valence-electron chi connectivity index (χ3n) is 5.15. The first-order valence-corrected chi connectivity index (χ1v) is 9.41. The lowest BCUT2D eigenvalue weighted by Crippen LogP contribution is -2.42. The summed E-state index contributed by atoms with van der Waals surface area (Å²) in [5.41, 5.74) is 1.21. The summed E-state index contributed by atoms with van der Waals surface area (Å²) in [5.74, 6) is 1.83. The van der Waals surface area contributed by atoms with Gasteiger partial charge in [0.15, 0.2) is 5.96 Å². The highest BCUT2D eigenvalue weighted by Gasteiger charge is 2.26. The summed E-state index contributed by atoms with van der Waals surface area (Å²) in [5, 5.41) is 7.83. The number of aryl methyl sites for hydroxylation is 1. The van der Waals surface area contributed by atoms with Crippen molar-refractivity contribution in [1.29, 1.82) is 0 Å². The standard InChI is InChI=1S/C18H32N6/c1-16-12-21-24(13-16)11-7-20-18(19-2)23-10-6-17(15-23)14-22-8-4-3-5-9-22/h12-13,17H,3-11,14-15H2,1-2H3,(H,19,20). The molecule has 0 bridgehead atoms. The van der Waals surface area contributed by atoms with Crippen molar-refractivity contribution >= 4 is 5.96 Å². The van der Waals surface area contributed by atoms with Crippen molar-refractivity contribution in [2.45, 2.75) is 39.2 Å². The normalized spacial score (nSPS) is 23.0. The van der Waals surface area contributed by atoms with E-state index in [-0.39, 0.29) is 0 Å². The number of likely N-dealkylation sites (tertiary alicyclic amines) is 2. The third kappa shape index (κ3) is 4.72. The molecular weight excluding hydrogens is 300 g/mol. The molecule has 1 unspecified atom stereocenters. The van der Waals surface area contributed by atoms with Gasteiger partial charge in [-0.15, -0.1) is 0 Å². The summed E-state index contributed by atoms with van der Waals surface area (Å²) in [6.45, 7) is 9.93. The molecule has 1 aromatic rings. The Morgan fingerprint density at radius 2 is 2.12 bits per heavy atom. The van der Waals surface area contributed by atoms with Crippen LogP contribution in [-0.2, 0) is 6.54 Å². The van der Waals surface area contributed by atoms with Crippen LogP contribution in [0.5, 0.6) is 0 Å². The van der Waals surface area contributed by atoms with Crippen molar-refractivity contribution in [3.05, 3.63) is 18.0 Å². The van der Waals surface area contributed by atoms with Gasteiger partial charge < -0.3 is 15.1 Å². The van der Waals surface area contributed by atoms with Crippen LogP contribution in [0, 0.1) is 12.8 Å². The molecule has 24 heavy (non-hydrogen) atoms. The molecule has 0 saturated carbocycles. The van der Waals surface area contributed by atoms with E-state index in [1.807, 2.05) is 17.9 Å². The van der Waals surface area contributed by atoms with Crippen molar-refractivity contribution < 1.29 is 0 Å². The Labute approximate surface area is 145 Å². The molecule has 1 N–H and O–H groups in total. The molecule has 0 amide bonds. The maximum atomic E-state index is 4.48. The predicted octanol–water partition coefficient (Wildman–Crippen LogP) is 1.57. The van der Waals surface area contributed by atoms with E-state index in [2.05, 4.69) is 38.3 Å². The lowest BCUT2D eigenvalue weighted by molar-refractivity contribution is 0.198. The summed E-state index contributed by atoms with van der Waals surface area (Å²) in [6.07, 6.45) is 9.45. The molecule has 6 nitrogen and oxygen atoms in total. The molecule has 0 aromatic carbocycles. The van der Waals surface area contributed by atoms with Gasteiger partial charge in [-0.05, 0) is 50.8 Å². The van der Waals surface area contributed by atoms with Crippen molar-refractivity contribution in [1.82, 2.24) is 24.9 Å². The van der Waals surface area contributed by atoms with E-state index in [9.17, 15) is 0 Å². The van der Waals surface area contributed by atoms with Crippen LogP contribution >= 0.6 is 0 Å². The quantitative estimate of drug-likeness (QED) is 0.657. The molecular formula is C18H32N6. The Bertz CT molecular complexity index is 531. The largest absolute Gasteiger partial charge is 0.354 e. The van der Waals surface area contributed by atoms with E-state index in [0.717, 1.165) is 38.1 Å². The molecule has 0 aliphatic carbocycles. The minimum atomic E-state index is 0.787. The second kappa shape index (κ2) is 8.51. The summed E-state index contributed by atoms with van der Waals surface area (Å²) in [7, 11) is 1.89. The second-order valence-corrected chi connectivity index (χ2v) is 7.22. The van der Waals surface area contributed by atoms with E-state index in [0.29, 0.717) is 0 Å². The average Bonchev–Trinajstić information content (AvgIpc) is 3.22. The third-order valence-corrected chi connectivity index (χ3v) is 5.15. The van der Waals surface area contributed by atoms with E-state index < -0.39 is 0 Å². The van der Waals surface area contributed by atoms with E-state index in [4.69, 9.17) is 0 Å². The zero-order valence-corrected chi connectivity index (χ0v) is 15.2. The Hall–Kier alpha value is -1.56. The first kappa shape index (κ1) is 17.3. The van der Waals surface area contributed by atoms with E-state index in [1.165, 1.54) is 50.9 Å². The van der Waals surface area contributed by atoms with Crippen LogP contribution in [0.3, 0.4) is 0 Å². The van der Waals surface area contributed by atoms with E-state index in [1.54, 1.807) is 0 Å². The molecule has 2 fully saturated rings. The zero-order chi connectivity index (χ0) is 16.8. The Balaban J connectivity index is 1.41. The number of hydrogen-bond acceptors (Lipinski definition) is 3. The molecule has 1 aromatic heterocycles. The number of nitrogens with zero attached hydrogens (tertiary/aromatic N) is 5. The van der Waals surface area contributed by atoms with Gasteiger partial charge in [-0.3, -0.25) is 9.67 Å². The highest BCUT2D eigenvalue weighted by molar-refractivity contribution is 5.80. The summed E-state index contributed by atoms with van der Waals surface area (Å²) in [6, 6.07) is 0. The van der Waals surface area contributed by atoms with Crippen molar-refractivity contribution in [2.24, 2.45) is 10.9 Å². The van der Waals surface area contributed by atoms with Crippen LogP contribution in [0.25, 0.3) is 0 Å². The van der Waals surface area contributed by atoms with Crippen LogP contribution in [-0.4, -0.2) is 71.9 Å². The van der Waals surface area contributed by atoms with Crippen LogP contribution in [0.2, 0.25) is 0 Å². The molecule has 6 heteroatoms. The monoisotopic (exact) mass is 332 g/mol. The second-order valence-electron chi connectivity index (χ2n) is 7.22. The fourth-order valence-corrected chi connectivity index (χ4v) is 3.88. The summed E-state index contributed by atoms with van der Waals surface area (Å²) >= 11 is 0. The molecule has 2 aliphatic rings. The molecule has 2 aliphatic heterocycles. The predicted molar refractivity (Wildman–Crippen MR) is 98.3 cm³/mol. The fourth-order valence-electron chi connectivity index (χ4n) is 3.88. The number of hydrogen-bond donors (Lipinski definition) is 1. The Morgan fingerprint density at radius 3 is 2.83 bits per heavy atom. The number of rotatable bonds is 5. The Kier molecular flexibility index (Phi) is 6.12. The minimum absolute atomic E-state index is 0.787. The molecule has 1 atom stereocenters. The first-order chi connectivity index (χ1) is 11.7. The average molecular weight is 332 g/mol. The number of nitrogens with one attached hydrogen (secondary N) is 1. The van der Waals surface area contributed by atoms with Crippen molar-refractivity contribution in [2.75, 3.05) is 46.3 Å². The van der Waals surface area contributed by atoms with Crippen LogP contribution in [0.15, 0.2) is 17.4 Å². The van der Waals surface area contributed by atoms with Gasteiger partial charge in [-0.2, -0.15) is 5.10 Å². The number of aliphatic imine (C=N–C) groups is 1. The van der Waals surface area contributed by atoms with Crippen LogP contribution in [0.4, 0.5) is 0 Å². The maximum absolute atomic E-state index is 4.48. The number of guanidine groups is 1. The van der Waals surface area contributed by atoms with Crippen molar-refractivity contribution in [3.63, 3.8) is 0 Å². The summed E-state index contributed by atoms with van der Waals surface area (Å²) in [4.78, 5) is 9.56. The van der Waals surface area contributed by atoms with Gasteiger partial charge in [0.2, 0.25) is 0 Å². The molecule has 0 spiro atoms. The highest BCUT2D eigenvalue weighted by Crippen LogP contribution is 2.19. The van der Waals surface area contributed by atoms with Gasteiger partial charge in [0.25, 0.3) is 0 Å². The summed E-state index contributed by atoms with van der Waals surface area (Å²) < 4.78 is 1.98. The number of aromatic nitrogens is 2. The lowest BCUT2D eigenvalue weighted by atomic mass is 10.1. The van der Waals surface area contributed by atoms with Gasteiger partial charge >= 0.3 is 0 Å². The van der Waals surface area contributed by atoms with Crippen molar-refractivity contribution in [3.8, 4) is 0 Å². The SMILES string of the molecule is CN=C(NCCn1cc(C)cn1)N1CCC(CN2CCCCC2)C1. The molecule has 3 rings (SSSR count). The fraction of sp³-hybridized carbons (Fsp3) is 0.778. The van der Waals surface area contributed by atoms with Crippen LogP contribution in [0.1, 0.15) is 31.2 Å². The van der Waals surface area contributed by atoms with Gasteiger partial charge in [0, 0.05) is 39.4 Å². The molecule has 3 heterocycles. The zero-order valence-electron chi connectivity index (χ0n) is 15.2. The van der Waals surface area contributed by atoms with E-state index >= 15 is 0 Å². The van der Waals surface area contributed by atoms with Crippen LogP contribution < -0.4 is 5.32 Å². The maximum Gasteiger partial charge on any atom is 0.193 e. The Morgan fingerprint density at radius 1 is 1.29 bits per heavy atom. The molecule has 2 saturated heterocycles. The topological polar surface area (TPSA) is 48.7 Å². The molecule has 134 valence electrons. The molecule has 0 radical (unpaired) electrons. The highest BCUT2D eigenvalue weighted by atomic mass is 15.3. The lowest BCUT2D eigenvalue weighted by Gasteiger charge is -2.29. The minimum Gasteiger partial charge on any atom is -0.354 e. The van der Waals surface area contributed by atoms with Gasteiger partial charge in [0.1, 0.15) is 0 Å². The smallest absolute Gasteiger partial charge is 0.193 e. The van der Waals surface area contributed by atoms with Gasteiger partial charge in [-0.1, -0.05) is 6.42 Å². The first-order valence-electron chi connectivity index (χ1n) is 9.41.